The zero-order valence-electron chi connectivity index (χ0n) is 14.1. The maximum atomic E-state index is 12.1. The second-order valence-corrected chi connectivity index (χ2v) is 6.62. The Labute approximate surface area is 151 Å². The van der Waals surface area contributed by atoms with Gasteiger partial charge in [0, 0.05) is 17.8 Å². The topological polar surface area (TPSA) is 78.5 Å². The highest BCUT2D eigenvalue weighted by Crippen LogP contribution is 2.44. The quantitative estimate of drug-likeness (QED) is 0.860. The van der Waals surface area contributed by atoms with Crippen molar-refractivity contribution >= 4 is 12.1 Å². The van der Waals surface area contributed by atoms with E-state index in [-0.39, 0.29) is 18.6 Å². The minimum atomic E-state index is -1.13. The monoisotopic (exact) mass is 348 g/mol. The van der Waals surface area contributed by atoms with Crippen molar-refractivity contribution in [1.82, 2.24) is 5.32 Å². The first-order chi connectivity index (χ1) is 12.6. The number of alkyl carbamates (subject to hydrolysis) is 1. The van der Waals surface area contributed by atoms with Crippen molar-refractivity contribution in [3.63, 3.8) is 0 Å². The Morgan fingerprint density at radius 3 is 2.19 bits per heavy atom. The molecule has 132 valence electrons. The summed E-state index contributed by atoms with van der Waals surface area (Å²) in [4.78, 5) is 23.0. The van der Waals surface area contributed by atoms with Crippen LogP contribution in [0.1, 0.15) is 23.5 Å². The van der Waals surface area contributed by atoms with Crippen LogP contribution in [0.25, 0.3) is 11.1 Å². The minimum absolute atomic E-state index is 0.00300. The van der Waals surface area contributed by atoms with Gasteiger partial charge in [0.15, 0.2) is 0 Å². The molecule has 5 nitrogen and oxygen atoms in total. The summed E-state index contributed by atoms with van der Waals surface area (Å²) >= 11 is 0. The number of rotatable bonds is 4. The number of carbonyl (C=O) groups excluding carboxylic acids is 2. The van der Waals surface area contributed by atoms with Crippen LogP contribution in [0.15, 0.2) is 60.7 Å². The van der Waals surface area contributed by atoms with Gasteiger partial charge in [-0.3, -0.25) is 0 Å². The van der Waals surface area contributed by atoms with Gasteiger partial charge in [-0.15, -0.1) is 0 Å². The highest BCUT2D eigenvalue weighted by Gasteiger charge is 2.29. The maximum absolute atomic E-state index is 12.1. The predicted molar refractivity (Wildman–Crippen MR) is 94.2 cm³/mol. The molecule has 0 aromatic heterocycles. The molecule has 0 saturated carbocycles. The Morgan fingerprint density at radius 2 is 1.62 bits per heavy atom. The van der Waals surface area contributed by atoms with Crippen LogP contribution in [0.5, 0.6) is 0 Å². The molecular formula is C21H18NO4-. The summed E-state index contributed by atoms with van der Waals surface area (Å²) in [5.74, 6) is -1.78. The predicted octanol–water partition coefficient (Wildman–Crippen LogP) is 2.22. The first kappa shape index (κ1) is 16.4. The van der Waals surface area contributed by atoms with E-state index in [4.69, 9.17) is 4.74 Å². The van der Waals surface area contributed by atoms with E-state index < -0.39 is 18.0 Å². The fourth-order valence-corrected chi connectivity index (χ4v) is 3.77. The van der Waals surface area contributed by atoms with Crippen LogP contribution in [0, 0.1) is 5.92 Å². The lowest BCUT2D eigenvalue weighted by atomic mass is 9.98. The molecule has 0 saturated heterocycles. The third kappa shape index (κ3) is 2.96. The second kappa shape index (κ2) is 6.67. The number of hydrogen-bond donors (Lipinski definition) is 1. The van der Waals surface area contributed by atoms with Crippen molar-refractivity contribution in [1.29, 1.82) is 0 Å². The van der Waals surface area contributed by atoms with E-state index in [2.05, 4.69) is 29.6 Å². The largest absolute Gasteiger partial charge is 0.550 e. The third-order valence-electron chi connectivity index (χ3n) is 5.03. The Hall–Kier alpha value is -3.08. The van der Waals surface area contributed by atoms with Crippen LogP contribution in [0.2, 0.25) is 0 Å². The summed E-state index contributed by atoms with van der Waals surface area (Å²) in [5.41, 5.74) is 4.65. The number of carbonyl (C=O) groups is 2. The van der Waals surface area contributed by atoms with Crippen LogP contribution in [0.4, 0.5) is 4.79 Å². The van der Waals surface area contributed by atoms with Gasteiger partial charge in [-0.25, -0.2) is 4.79 Å². The van der Waals surface area contributed by atoms with E-state index in [0.29, 0.717) is 6.42 Å². The standard InChI is InChI=1S/C21H19NO4/c23-20(24)13-9-10-14(11-13)22-21(25)26-12-19-17-7-3-1-5-15(17)16-6-2-4-8-18(16)19/h1-10,13-14,19H,11-12H2,(H,22,25)(H,23,24)/p-1/t13-,14+/m0/s1. The fraction of sp³-hybridized carbons (Fsp3) is 0.238. The second-order valence-electron chi connectivity index (χ2n) is 6.62. The van der Waals surface area contributed by atoms with Crippen LogP contribution >= 0.6 is 0 Å². The van der Waals surface area contributed by atoms with Gasteiger partial charge < -0.3 is 20.0 Å². The number of hydrogen-bond acceptors (Lipinski definition) is 4. The van der Waals surface area contributed by atoms with Crippen LogP contribution in [-0.4, -0.2) is 24.7 Å². The summed E-state index contributed by atoms with van der Waals surface area (Å²) in [5, 5.41) is 13.6. The molecule has 26 heavy (non-hydrogen) atoms. The van der Waals surface area contributed by atoms with E-state index >= 15 is 0 Å². The summed E-state index contributed by atoms with van der Waals surface area (Å²) in [6, 6.07) is 15.9. The number of amides is 1. The van der Waals surface area contributed by atoms with Gasteiger partial charge in [-0.2, -0.15) is 0 Å². The molecule has 4 rings (SSSR count). The summed E-state index contributed by atoms with van der Waals surface area (Å²) < 4.78 is 5.45. The first-order valence-electron chi connectivity index (χ1n) is 8.64. The number of nitrogens with one attached hydrogen (secondary N) is 1. The van der Waals surface area contributed by atoms with Crippen molar-refractivity contribution in [3.05, 3.63) is 71.8 Å². The third-order valence-corrected chi connectivity index (χ3v) is 5.03. The lowest BCUT2D eigenvalue weighted by molar-refractivity contribution is -0.309. The van der Waals surface area contributed by atoms with E-state index in [1.807, 2.05) is 24.3 Å². The zero-order valence-corrected chi connectivity index (χ0v) is 14.1. The average molecular weight is 348 g/mol. The molecule has 2 aliphatic carbocycles. The molecule has 0 heterocycles. The molecule has 0 bridgehead atoms. The highest BCUT2D eigenvalue weighted by atomic mass is 16.5. The Kier molecular flexibility index (Phi) is 4.21. The van der Waals surface area contributed by atoms with Crippen molar-refractivity contribution < 1.29 is 19.4 Å². The van der Waals surface area contributed by atoms with E-state index in [0.717, 1.165) is 11.1 Å². The van der Waals surface area contributed by atoms with Gasteiger partial charge in [-0.05, 0) is 28.7 Å². The molecule has 0 spiro atoms. The Balaban J connectivity index is 1.41. The van der Waals surface area contributed by atoms with Crippen LogP contribution in [-0.2, 0) is 9.53 Å². The summed E-state index contributed by atoms with van der Waals surface area (Å²) in [6.07, 6.45) is 2.97. The van der Waals surface area contributed by atoms with Crippen molar-refractivity contribution in [2.45, 2.75) is 18.4 Å². The number of fused-ring (bicyclic) bond motifs is 3. The fourth-order valence-electron chi connectivity index (χ4n) is 3.77. The van der Waals surface area contributed by atoms with Crippen molar-refractivity contribution in [3.8, 4) is 11.1 Å². The van der Waals surface area contributed by atoms with E-state index in [1.54, 1.807) is 12.2 Å². The van der Waals surface area contributed by atoms with Gasteiger partial charge in [0.1, 0.15) is 6.61 Å². The molecule has 2 aliphatic rings. The zero-order chi connectivity index (χ0) is 18.1. The molecule has 0 fully saturated rings. The van der Waals surface area contributed by atoms with E-state index in [1.165, 1.54) is 11.1 Å². The molecule has 2 aromatic carbocycles. The minimum Gasteiger partial charge on any atom is -0.550 e. The molecule has 2 aromatic rings. The van der Waals surface area contributed by atoms with Gasteiger partial charge in [-0.1, -0.05) is 60.7 Å². The summed E-state index contributed by atoms with van der Waals surface area (Å²) in [6.45, 7) is 0.236. The molecule has 1 N–H and O–H groups in total. The van der Waals surface area contributed by atoms with Gasteiger partial charge in [0.05, 0.1) is 6.04 Å². The van der Waals surface area contributed by atoms with Gasteiger partial charge >= 0.3 is 6.09 Å². The number of carboxylic acid groups (broad SMARTS) is 1. The first-order valence-corrected chi connectivity index (χ1v) is 8.64. The molecule has 1 amide bonds. The maximum Gasteiger partial charge on any atom is 0.407 e. The molecule has 0 unspecified atom stereocenters. The SMILES string of the molecule is O=C(N[C@@H]1C=C[C@H](C(=O)[O-])C1)OCC1c2ccccc2-c2ccccc21. The molecular weight excluding hydrogens is 330 g/mol. The van der Waals surface area contributed by atoms with Crippen LogP contribution in [0.3, 0.4) is 0 Å². The number of benzene rings is 2. The number of ether oxygens (including phenoxy) is 1. The average Bonchev–Trinajstić information content (AvgIpc) is 3.23. The molecule has 5 heteroatoms. The Morgan fingerprint density at radius 1 is 1.00 bits per heavy atom. The summed E-state index contributed by atoms with van der Waals surface area (Å²) in [7, 11) is 0. The smallest absolute Gasteiger partial charge is 0.407 e. The number of carboxylic acids is 1. The van der Waals surface area contributed by atoms with Gasteiger partial charge in [0.2, 0.25) is 0 Å². The Bertz CT molecular complexity index is 844. The molecule has 0 aliphatic heterocycles. The van der Waals surface area contributed by atoms with Gasteiger partial charge in [0.25, 0.3) is 0 Å². The molecule has 2 atom stereocenters. The lowest BCUT2D eigenvalue weighted by Gasteiger charge is -2.17. The molecule has 0 radical (unpaired) electrons. The normalized spacial score (nSPS) is 20.5. The number of aliphatic carboxylic acids is 1. The van der Waals surface area contributed by atoms with E-state index in [9.17, 15) is 14.7 Å². The lowest BCUT2D eigenvalue weighted by Crippen LogP contribution is -2.36. The van der Waals surface area contributed by atoms with Crippen LogP contribution < -0.4 is 10.4 Å². The van der Waals surface area contributed by atoms with Crippen molar-refractivity contribution in [2.75, 3.05) is 6.61 Å². The highest BCUT2D eigenvalue weighted by molar-refractivity contribution is 5.79. The van der Waals surface area contributed by atoms with Crippen molar-refractivity contribution in [2.24, 2.45) is 5.92 Å².